The Bertz CT molecular complexity index is 914. The number of carbonyl (C=O) groups excluding carboxylic acids is 1. The van der Waals surface area contributed by atoms with Crippen molar-refractivity contribution in [3.05, 3.63) is 42.2 Å². The average molecular weight is 384 g/mol. The van der Waals surface area contributed by atoms with Gasteiger partial charge < -0.3 is 10.6 Å². The summed E-state index contributed by atoms with van der Waals surface area (Å²) in [5.41, 5.74) is 1.08. The first kappa shape index (κ1) is 18.5. The number of benzene rings is 1. The van der Waals surface area contributed by atoms with Gasteiger partial charge in [0.05, 0.1) is 17.0 Å². The van der Waals surface area contributed by atoms with Crippen LogP contribution in [-0.2, 0) is 21.7 Å². The van der Waals surface area contributed by atoms with Crippen molar-refractivity contribution in [3.63, 3.8) is 0 Å². The Morgan fingerprint density at radius 2 is 2.15 bits per heavy atom. The largest absolute Gasteiger partial charge is 0.341 e. The minimum absolute atomic E-state index is 0.0725. The van der Waals surface area contributed by atoms with E-state index in [4.69, 9.17) is 0 Å². The molecule has 1 fully saturated rings. The zero-order valence-corrected chi connectivity index (χ0v) is 14.7. The van der Waals surface area contributed by atoms with Gasteiger partial charge in [0.2, 0.25) is 15.7 Å². The molecule has 0 saturated carbocycles. The molecule has 140 valence electrons. The maximum absolute atomic E-state index is 12.7. The van der Waals surface area contributed by atoms with Crippen LogP contribution < -0.4 is 10.6 Å². The highest BCUT2D eigenvalue weighted by atomic mass is 32.2. The van der Waals surface area contributed by atoms with Crippen LogP contribution in [0.25, 0.3) is 0 Å². The van der Waals surface area contributed by atoms with E-state index in [1.165, 1.54) is 12.1 Å². The molecular formula is C16H18F2N4O3S. The number of carbonyl (C=O) groups is 1. The number of nitrogens with zero attached hydrogens (tertiary/aromatic N) is 2. The second kappa shape index (κ2) is 7.12. The Balaban J connectivity index is 1.78. The molecule has 26 heavy (non-hydrogen) atoms. The number of anilines is 1. The van der Waals surface area contributed by atoms with Crippen molar-refractivity contribution in [2.24, 2.45) is 13.0 Å². The number of hydrogen-bond donors (Lipinski definition) is 2. The molecule has 2 N–H and O–H groups in total. The summed E-state index contributed by atoms with van der Waals surface area (Å²) >= 11 is 0. The number of aryl methyl sites for hydroxylation is 1. The molecule has 7 nitrogen and oxygen atoms in total. The van der Waals surface area contributed by atoms with Gasteiger partial charge in [0.1, 0.15) is 0 Å². The topological polar surface area (TPSA) is 93.1 Å². The van der Waals surface area contributed by atoms with Crippen molar-refractivity contribution >= 4 is 21.4 Å². The van der Waals surface area contributed by atoms with Crippen molar-refractivity contribution in [2.45, 2.75) is 16.6 Å². The molecule has 1 aliphatic heterocycles. The highest BCUT2D eigenvalue weighted by molar-refractivity contribution is 7.91. The molecule has 10 heteroatoms. The second-order valence-corrected chi connectivity index (χ2v) is 8.06. The van der Waals surface area contributed by atoms with Gasteiger partial charge in [-0.15, -0.1) is 0 Å². The third-order valence-electron chi connectivity index (χ3n) is 4.37. The van der Waals surface area contributed by atoms with Crippen molar-refractivity contribution < 1.29 is 22.0 Å². The lowest BCUT2D eigenvalue weighted by molar-refractivity contribution is -0.119. The molecule has 0 aliphatic carbocycles. The summed E-state index contributed by atoms with van der Waals surface area (Å²) < 4.78 is 50.2. The normalized spacial score (nSPS) is 20.5. The lowest BCUT2D eigenvalue weighted by Crippen LogP contribution is -2.28. The minimum Gasteiger partial charge on any atom is -0.326 e. The van der Waals surface area contributed by atoms with E-state index in [1.54, 1.807) is 17.9 Å². The van der Waals surface area contributed by atoms with E-state index < -0.39 is 20.5 Å². The Hall–Kier alpha value is -2.33. The quantitative estimate of drug-likeness (QED) is 0.812. The lowest BCUT2D eigenvalue weighted by atomic mass is 9.90. The standard InChI is InChI=1S/C16H18F2N4O3S/c1-22-9-10(6-20-22)13-7-19-8-14(13)15(23)21-11-3-2-4-12(5-11)26(24,25)16(17)18/h2-6,9,13-14,16,19H,7-8H2,1H3,(H,21,23)/t13-,14+/m1/s1. The molecule has 0 unspecified atom stereocenters. The zero-order valence-electron chi connectivity index (χ0n) is 13.9. The SMILES string of the molecule is Cn1cc([C@H]2CNC[C@@H]2C(=O)Nc2cccc(S(=O)(=O)C(F)F)c2)cn1. The molecule has 2 atom stereocenters. The first-order valence-corrected chi connectivity index (χ1v) is 9.46. The number of hydrogen-bond acceptors (Lipinski definition) is 5. The van der Waals surface area contributed by atoms with Gasteiger partial charge in [-0.1, -0.05) is 6.07 Å². The van der Waals surface area contributed by atoms with E-state index in [2.05, 4.69) is 15.7 Å². The summed E-state index contributed by atoms with van der Waals surface area (Å²) in [6.45, 7) is 1.07. The number of sulfone groups is 1. The van der Waals surface area contributed by atoms with Crippen LogP contribution in [0.2, 0.25) is 0 Å². The molecule has 1 saturated heterocycles. The molecule has 1 aliphatic rings. The summed E-state index contributed by atoms with van der Waals surface area (Å²) in [6, 6.07) is 4.90. The van der Waals surface area contributed by atoms with E-state index in [-0.39, 0.29) is 23.4 Å². The lowest BCUT2D eigenvalue weighted by Gasteiger charge is -2.17. The average Bonchev–Trinajstić information content (AvgIpc) is 3.23. The molecule has 0 radical (unpaired) electrons. The predicted molar refractivity (Wildman–Crippen MR) is 90.6 cm³/mol. The third-order valence-corrected chi connectivity index (χ3v) is 5.75. The fourth-order valence-electron chi connectivity index (χ4n) is 3.02. The van der Waals surface area contributed by atoms with Gasteiger partial charge in [-0.2, -0.15) is 13.9 Å². The highest BCUT2D eigenvalue weighted by Gasteiger charge is 2.35. The van der Waals surface area contributed by atoms with Crippen molar-refractivity contribution in [2.75, 3.05) is 18.4 Å². The number of aromatic nitrogens is 2. The molecular weight excluding hydrogens is 366 g/mol. The molecule has 2 heterocycles. The van der Waals surface area contributed by atoms with Crippen LogP contribution in [0.3, 0.4) is 0 Å². The van der Waals surface area contributed by atoms with E-state index in [0.29, 0.717) is 13.1 Å². The fourth-order valence-corrected chi connectivity index (χ4v) is 3.79. The number of halogens is 2. The second-order valence-electron chi connectivity index (χ2n) is 6.14. The summed E-state index contributed by atoms with van der Waals surface area (Å²) in [7, 11) is -2.93. The van der Waals surface area contributed by atoms with Crippen molar-refractivity contribution in [1.82, 2.24) is 15.1 Å². The van der Waals surface area contributed by atoms with E-state index in [0.717, 1.165) is 17.7 Å². The van der Waals surface area contributed by atoms with Gasteiger partial charge >= 0.3 is 5.76 Å². The van der Waals surface area contributed by atoms with Gasteiger partial charge in [0.15, 0.2) is 0 Å². The molecule has 0 spiro atoms. The summed E-state index contributed by atoms with van der Waals surface area (Å²) in [5, 5.41) is 9.89. The van der Waals surface area contributed by atoms with Crippen molar-refractivity contribution in [3.8, 4) is 0 Å². The molecule has 3 rings (SSSR count). The van der Waals surface area contributed by atoms with Gasteiger partial charge in [0.25, 0.3) is 0 Å². The van der Waals surface area contributed by atoms with Gasteiger partial charge in [0, 0.05) is 37.9 Å². The Kier molecular flexibility index (Phi) is 5.05. The van der Waals surface area contributed by atoms with Crippen LogP contribution in [0.15, 0.2) is 41.6 Å². The van der Waals surface area contributed by atoms with Gasteiger partial charge in [-0.25, -0.2) is 8.42 Å². The molecule has 1 aromatic heterocycles. The summed E-state index contributed by atoms with van der Waals surface area (Å²) in [4.78, 5) is 12.1. The first-order chi connectivity index (χ1) is 12.3. The first-order valence-electron chi connectivity index (χ1n) is 7.91. The Morgan fingerprint density at radius 1 is 1.38 bits per heavy atom. The predicted octanol–water partition coefficient (Wildman–Crippen LogP) is 1.36. The molecule has 1 aromatic carbocycles. The zero-order chi connectivity index (χ0) is 18.9. The number of alkyl halides is 2. The fraction of sp³-hybridized carbons (Fsp3) is 0.375. The van der Waals surface area contributed by atoms with E-state index >= 15 is 0 Å². The van der Waals surface area contributed by atoms with Gasteiger partial charge in [-0.05, 0) is 23.8 Å². The van der Waals surface area contributed by atoms with Crippen LogP contribution in [0.1, 0.15) is 11.5 Å². The smallest absolute Gasteiger partial charge is 0.326 e. The Morgan fingerprint density at radius 3 is 2.81 bits per heavy atom. The summed E-state index contributed by atoms with van der Waals surface area (Å²) in [6.07, 6.45) is 3.54. The number of nitrogens with one attached hydrogen (secondary N) is 2. The maximum Gasteiger partial charge on any atom is 0.341 e. The summed E-state index contributed by atoms with van der Waals surface area (Å²) in [5.74, 6) is -4.27. The van der Waals surface area contributed by atoms with E-state index in [9.17, 15) is 22.0 Å². The van der Waals surface area contributed by atoms with E-state index in [1.807, 2.05) is 6.20 Å². The van der Waals surface area contributed by atoms with Crippen LogP contribution in [0.5, 0.6) is 0 Å². The van der Waals surface area contributed by atoms with Crippen molar-refractivity contribution in [1.29, 1.82) is 0 Å². The minimum atomic E-state index is -4.71. The Labute approximate surface area is 149 Å². The maximum atomic E-state index is 12.7. The van der Waals surface area contributed by atoms with Crippen LogP contribution in [-0.4, -0.2) is 43.0 Å². The molecule has 1 amide bonds. The molecule has 0 bridgehead atoms. The van der Waals surface area contributed by atoms with Crippen LogP contribution in [0.4, 0.5) is 14.5 Å². The van der Waals surface area contributed by atoms with Crippen LogP contribution >= 0.6 is 0 Å². The third kappa shape index (κ3) is 3.61. The molecule has 2 aromatic rings. The number of amides is 1. The van der Waals surface area contributed by atoms with Crippen LogP contribution in [0, 0.1) is 5.92 Å². The van der Waals surface area contributed by atoms with Gasteiger partial charge in [-0.3, -0.25) is 9.48 Å². The monoisotopic (exact) mass is 384 g/mol. The number of rotatable bonds is 5. The highest BCUT2D eigenvalue weighted by Crippen LogP contribution is 2.29.